The smallest absolute Gasteiger partial charge is 0.100 e. The molecule has 0 saturated carbocycles. The van der Waals surface area contributed by atoms with Crippen molar-refractivity contribution in [3.63, 3.8) is 0 Å². The first kappa shape index (κ1) is 23.9. The van der Waals surface area contributed by atoms with Crippen molar-refractivity contribution in [1.29, 1.82) is 0 Å². The molecule has 1 atom stereocenters. The van der Waals surface area contributed by atoms with Gasteiger partial charge < -0.3 is 14.9 Å². The third kappa shape index (κ3) is 19.9. The third-order valence-electron chi connectivity index (χ3n) is 4.59. The lowest BCUT2D eigenvalue weighted by molar-refractivity contribution is 0.00526. The van der Waals surface area contributed by atoms with Gasteiger partial charge in [0.15, 0.2) is 0 Å². The first-order valence-corrected chi connectivity index (χ1v) is 10.5. The second-order valence-electron chi connectivity index (χ2n) is 7.69. The molecule has 3 heteroatoms. The highest BCUT2D eigenvalue weighted by atomic mass is 16.5. The summed E-state index contributed by atoms with van der Waals surface area (Å²) in [5.74, 6) is 0.872. The van der Waals surface area contributed by atoms with Gasteiger partial charge in [-0.1, -0.05) is 97.3 Å². The monoisotopic (exact) mass is 344 g/mol. The summed E-state index contributed by atoms with van der Waals surface area (Å²) in [4.78, 5) is 0. The summed E-state index contributed by atoms with van der Waals surface area (Å²) in [7, 11) is 0. The number of rotatable bonds is 19. The first-order valence-electron chi connectivity index (χ1n) is 10.5. The fourth-order valence-electron chi connectivity index (χ4n) is 2.97. The SMILES string of the molecule is CC(C)CCCCCCCCCCCCCCCOC[C@@H](O)CO. The highest BCUT2D eigenvalue weighted by Crippen LogP contribution is 2.14. The molecule has 0 saturated heterocycles. The fraction of sp³-hybridized carbons (Fsp3) is 1.00. The zero-order valence-electron chi connectivity index (χ0n) is 16.5. The standard InChI is InChI=1S/C21H44O3/c1-20(2)16-14-12-10-8-6-4-3-5-7-9-11-13-15-17-24-19-21(23)18-22/h20-23H,3-19H2,1-2H3/t21-/m0/s1. The maximum Gasteiger partial charge on any atom is 0.100 e. The van der Waals surface area contributed by atoms with E-state index in [1.54, 1.807) is 0 Å². The predicted octanol–water partition coefficient (Wildman–Crippen LogP) is 5.47. The number of aliphatic hydroxyl groups is 2. The summed E-state index contributed by atoms with van der Waals surface area (Å²) in [6.45, 7) is 5.39. The summed E-state index contributed by atoms with van der Waals surface area (Å²) in [6.07, 6.45) is 18.3. The summed E-state index contributed by atoms with van der Waals surface area (Å²) < 4.78 is 5.29. The number of aliphatic hydroxyl groups excluding tert-OH is 2. The van der Waals surface area contributed by atoms with Gasteiger partial charge in [0.05, 0.1) is 13.2 Å². The van der Waals surface area contributed by atoms with Crippen LogP contribution in [0.3, 0.4) is 0 Å². The highest BCUT2D eigenvalue weighted by Gasteiger charge is 2.00. The third-order valence-corrected chi connectivity index (χ3v) is 4.59. The van der Waals surface area contributed by atoms with Crippen LogP contribution in [0.4, 0.5) is 0 Å². The van der Waals surface area contributed by atoms with Gasteiger partial charge in [0.25, 0.3) is 0 Å². The van der Waals surface area contributed by atoms with Crippen molar-refractivity contribution < 1.29 is 14.9 Å². The lowest BCUT2D eigenvalue weighted by atomic mass is 10.0. The Morgan fingerprint density at radius 2 is 1.08 bits per heavy atom. The van der Waals surface area contributed by atoms with Gasteiger partial charge >= 0.3 is 0 Å². The van der Waals surface area contributed by atoms with Gasteiger partial charge in [-0.25, -0.2) is 0 Å². The van der Waals surface area contributed by atoms with Crippen LogP contribution in [-0.4, -0.2) is 36.1 Å². The number of hydrogen-bond acceptors (Lipinski definition) is 3. The molecular weight excluding hydrogens is 300 g/mol. The first-order chi connectivity index (χ1) is 11.7. The molecule has 3 nitrogen and oxygen atoms in total. The molecule has 0 spiro atoms. The van der Waals surface area contributed by atoms with E-state index in [4.69, 9.17) is 14.9 Å². The van der Waals surface area contributed by atoms with Crippen molar-refractivity contribution in [1.82, 2.24) is 0 Å². The maximum absolute atomic E-state index is 9.12. The Morgan fingerprint density at radius 3 is 1.50 bits per heavy atom. The van der Waals surface area contributed by atoms with Crippen molar-refractivity contribution in [2.24, 2.45) is 5.92 Å². The zero-order chi connectivity index (χ0) is 17.9. The predicted molar refractivity (Wildman–Crippen MR) is 103 cm³/mol. The van der Waals surface area contributed by atoms with Gasteiger partial charge in [-0.15, -0.1) is 0 Å². The second kappa shape index (κ2) is 19.2. The van der Waals surface area contributed by atoms with Crippen LogP contribution in [0, 0.1) is 5.92 Å². The molecule has 0 rings (SSSR count). The van der Waals surface area contributed by atoms with Crippen LogP contribution in [0.5, 0.6) is 0 Å². The van der Waals surface area contributed by atoms with E-state index in [2.05, 4.69) is 13.8 Å². The van der Waals surface area contributed by atoms with Gasteiger partial charge in [0, 0.05) is 6.61 Å². The molecule has 0 bridgehead atoms. The van der Waals surface area contributed by atoms with Gasteiger partial charge in [0.1, 0.15) is 6.10 Å². The molecular formula is C21H44O3. The van der Waals surface area contributed by atoms with Crippen molar-refractivity contribution in [2.45, 2.75) is 110 Å². The minimum absolute atomic E-state index is 0.210. The highest BCUT2D eigenvalue weighted by molar-refractivity contribution is 4.51. The topological polar surface area (TPSA) is 49.7 Å². The Bertz CT molecular complexity index is 231. The molecule has 2 N–H and O–H groups in total. The van der Waals surface area contributed by atoms with Crippen molar-refractivity contribution in [3.05, 3.63) is 0 Å². The Balaban J connectivity index is 3.00. The lowest BCUT2D eigenvalue weighted by Crippen LogP contribution is -2.19. The van der Waals surface area contributed by atoms with E-state index in [0.29, 0.717) is 6.61 Å². The van der Waals surface area contributed by atoms with E-state index in [0.717, 1.165) is 12.3 Å². The van der Waals surface area contributed by atoms with E-state index in [9.17, 15) is 0 Å². The maximum atomic E-state index is 9.12. The van der Waals surface area contributed by atoms with Crippen LogP contribution in [-0.2, 0) is 4.74 Å². The molecule has 0 aromatic heterocycles. The van der Waals surface area contributed by atoms with Crippen LogP contribution in [0.2, 0.25) is 0 Å². The van der Waals surface area contributed by atoms with Crippen molar-refractivity contribution in [3.8, 4) is 0 Å². The van der Waals surface area contributed by atoms with Crippen LogP contribution in [0.1, 0.15) is 104 Å². The molecule has 0 radical (unpaired) electrons. The van der Waals surface area contributed by atoms with Crippen LogP contribution in [0.15, 0.2) is 0 Å². The van der Waals surface area contributed by atoms with E-state index in [1.165, 1.54) is 83.5 Å². The second-order valence-corrected chi connectivity index (χ2v) is 7.69. The summed E-state index contributed by atoms with van der Waals surface area (Å²) in [6, 6.07) is 0. The molecule has 0 amide bonds. The van der Waals surface area contributed by atoms with Gasteiger partial charge in [-0.2, -0.15) is 0 Å². The Morgan fingerprint density at radius 1 is 0.667 bits per heavy atom. The molecule has 0 aliphatic heterocycles. The number of hydrogen-bond donors (Lipinski definition) is 2. The Hall–Kier alpha value is -0.120. The molecule has 0 unspecified atom stereocenters. The number of unbranched alkanes of at least 4 members (excludes halogenated alkanes) is 12. The van der Waals surface area contributed by atoms with Gasteiger partial charge in [-0.05, 0) is 12.3 Å². The fourth-order valence-corrected chi connectivity index (χ4v) is 2.97. The molecule has 0 heterocycles. The molecule has 24 heavy (non-hydrogen) atoms. The average molecular weight is 345 g/mol. The molecule has 0 aliphatic carbocycles. The van der Waals surface area contributed by atoms with Crippen LogP contribution in [0.25, 0.3) is 0 Å². The zero-order valence-corrected chi connectivity index (χ0v) is 16.5. The largest absolute Gasteiger partial charge is 0.394 e. The minimum atomic E-state index is -0.718. The Labute approximate surface area is 151 Å². The lowest BCUT2D eigenvalue weighted by Gasteiger charge is -2.08. The van der Waals surface area contributed by atoms with E-state index in [1.807, 2.05) is 0 Å². The van der Waals surface area contributed by atoms with E-state index in [-0.39, 0.29) is 13.2 Å². The molecule has 0 fully saturated rings. The minimum Gasteiger partial charge on any atom is -0.394 e. The molecule has 146 valence electrons. The quantitative estimate of drug-likeness (QED) is 0.305. The van der Waals surface area contributed by atoms with E-state index >= 15 is 0 Å². The van der Waals surface area contributed by atoms with Gasteiger partial charge in [0.2, 0.25) is 0 Å². The molecule has 0 aromatic carbocycles. The average Bonchev–Trinajstić information content (AvgIpc) is 2.57. The Kier molecular flexibility index (Phi) is 19.1. The normalized spacial score (nSPS) is 12.9. The van der Waals surface area contributed by atoms with Crippen LogP contribution < -0.4 is 0 Å². The number of ether oxygens (including phenoxy) is 1. The molecule has 0 aromatic rings. The van der Waals surface area contributed by atoms with Crippen LogP contribution >= 0.6 is 0 Å². The summed E-state index contributed by atoms with van der Waals surface area (Å²) in [5.41, 5.74) is 0. The van der Waals surface area contributed by atoms with Crippen molar-refractivity contribution in [2.75, 3.05) is 19.8 Å². The van der Waals surface area contributed by atoms with Crippen molar-refractivity contribution >= 4 is 0 Å². The molecule has 0 aliphatic rings. The van der Waals surface area contributed by atoms with Gasteiger partial charge in [-0.3, -0.25) is 0 Å². The summed E-state index contributed by atoms with van der Waals surface area (Å²) in [5, 5.41) is 17.8. The summed E-state index contributed by atoms with van der Waals surface area (Å²) >= 11 is 0. The van der Waals surface area contributed by atoms with E-state index < -0.39 is 6.10 Å².